The first kappa shape index (κ1) is 7.01. The van der Waals surface area contributed by atoms with Crippen molar-refractivity contribution in [1.82, 2.24) is 15.2 Å². The van der Waals surface area contributed by atoms with Crippen LogP contribution in [0.4, 0.5) is 0 Å². The lowest BCUT2D eigenvalue weighted by atomic mass is 10.5. The lowest BCUT2D eigenvalue weighted by Crippen LogP contribution is -2.26. The molecule has 0 aliphatic rings. The van der Waals surface area contributed by atoms with Crippen LogP contribution in [0.15, 0.2) is 9.59 Å². The maximum atomic E-state index is 10.6. The third-order valence-electron chi connectivity index (χ3n) is 0.908. The standard InChI is InChI=1S/C4H4ClN3O2/c5-1-2-3(9)6-4(10)8-7-2/h1H2,(H2,6,8,9,10). The smallest absolute Gasteiger partial charge is 0.271 e. The van der Waals surface area contributed by atoms with Crippen molar-refractivity contribution in [2.24, 2.45) is 0 Å². The molecule has 0 amide bonds. The highest BCUT2D eigenvalue weighted by atomic mass is 35.5. The van der Waals surface area contributed by atoms with Gasteiger partial charge < -0.3 is 0 Å². The largest absolute Gasteiger partial charge is 0.342 e. The van der Waals surface area contributed by atoms with E-state index in [9.17, 15) is 9.59 Å². The first-order valence-corrected chi connectivity index (χ1v) is 3.01. The first-order chi connectivity index (χ1) is 4.74. The summed E-state index contributed by atoms with van der Waals surface area (Å²) in [5, 5.41) is 5.43. The van der Waals surface area contributed by atoms with Crippen LogP contribution in [-0.2, 0) is 5.88 Å². The molecule has 0 aliphatic carbocycles. The highest BCUT2D eigenvalue weighted by Crippen LogP contribution is 1.84. The van der Waals surface area contributed by atoms with Crippen molar-refractivity contribution in [2.75, 3.05) is 0 Å². The summed E-state index contributed by atoms with van der Waals surface area (Å²) in [5.74, 6) is -0.00782. The van der Waals surface area contributed by atoms with E-state index in [1.165, 1.54) is 0 Å². The molecule has 0 fully saturated rings. The van der Waals surface area contributed by atoms with Crippen LogP contribution in [0.25, 0.3) is 0 Å². The van der Waals surface area contributed by atoms with Gasteiger partial charge in [-0.2, -0.15) is 5.10 Å². The van der Waals surface area contributed by atoms with Gasteiger partial charge in [0.05, 0.1) is 5.88 Å². The molecular weight excluding hydrogens is 158 g/mol. The normalized spacial score (nSPS) is 9.70. The molecule has 0 saturated heterocycles. The second kappa shape index (κ2) is 2.66. The Labute approximate surface area is 60.1 Å². The fourth-order valence-corrected chi connectivity index (χ4v) is 0.644. The molecule has 1 aromatic rings. The molecule has 0 saturated carbocycles. The molecule has 1 aromatic heterocycles. The number of halogens is 1. The summed E-state index contributed by atoms with van der Waals surface area (Å²) >= 11 is 5.28. The summed E-state index contributed by atoms with van der Waals surface area (Å²) in [5.41, 5.74) is -1.06. The first-order valence-electron chi connectivity index (χ1n) is 2.48. The Morgan fingerprint density at radius 1 is 1.50 bits per heavy atom. The second-order valence-corrected chi connectivity index (χ2v) is 1.85. The third-order valence-corrected chi connectivity index (χ3v) is 1.16. The lowest BCUT2D eigenvalue weighted by Gasteiger charge is -1.87. The molecule has 0 spiro atoms. The quantitative estimate of drug-likeness (QED) is 0.529. The number of hydrogen-bond donors (Lipinski definition) is 2. The number of nitrogens with one attached hydrogen (secondary N) is 2. The van der Waals surface area contributed by atoms with E-state index in [1.807, 2.05) is 10.1 Å². The summed E-state index contributed by atoms with van der Waals surface area (Å²) in [4.78, 5) is 23.0. The average molecular weight is 162 g/mol. The molecule has 2 N–H and O–H groups in total. The molecule has 0 atom stereocenters. The number of rotatable bonds is 1. The molecule has 1 heterocycles. The molecule has 10 heavy (non-hydrogen) atoms. The highest BCUT2D eigenvalue weighted by Gasteiger charge is 1.97. The van der Waals surface area contributed by atoms with Gasteiger partial charge in [-0.05, 0) is 0 Å². The van der Waals surface area contributed by atoms with E-state index in [4.69, 9.17) is 11.6 Å². The van der Waals surface area contributed by atoms with Crippen LogP contribution in [0.3, 0.4) is 0 Å². The van der Waals surface area contributed by atoms with Crippen LogP contribution in [0.5, 0.6) is 0 Å². The summed E-state index contributed by atoms with van der Waals surface area (Å²) < 4.78 is 0. The van der Waals surface area contributed by atoms with Gasteiger partial charge in [-0.1, -0.05) is 0 Å². The Morgan fingerprint density at radius 2 is 2.20 bits per heavy atom. The number of alkyl halides is 1. The summed E-state index contributed by atoms with van der Waals surface area (Å²) in [6.45, 7) is 0. The van der Waals surface area contributed by atoms with Crippen molar-refractivity contribution in [3.8, 4) is 0 Å². The zero-order valence-corrected chi connectivity index (χ0v) is 5.60. The van der Waals surface area contributed by atoms with Crippen molar-refractivity contribution in [3.63, 3.8) is 0 Å². The Balaban J connectivity index is 3.34. The number of aromatic amines is 2. The molecule has 54 valence electrons. The van der Waals surface area contributed by atoms with Gasteiger partial charge in [0.2, 0.25) is 0 Å². The predicted molar refractivity (Wildman–Crippen MR) is 35.0 cm³/mol. The second-order valence-electron chi connectivity index (χ2n) is 1.59. The Bertz CT molecular complexity index is 328. The van der Waals surface area contributed by atoms with E-state index in [2.05, 4.69) is 5.10 Å². The molecule has 0 aliphatic heterocycles. The van der Waals surface area contributed by atoms with Crippen LogP contribution in [-0.4, -0.2) is 15.2 Å². The number of H-pyrrole nitrogens is 2. The molecule has 5 nitrogen and oxygen atoms in total. The minimum atomic E-state index is -0.626. The fourth-order valence-electron chi connectivity index (χ4n) is 0.463. The Kier molecular flexibility index (Phi) is 1.86. The van der Waals surface area contributed by atoms with Gasteiger partial charge in [0.25, 0.3) is 5.56 Å². The monoisotopic (exact) mass is 161 g/mol. The average Bonchev–Trinajstić information content (AvgIpc) is 1.88. The van der Waals surface area contributed by atoms with E-state index >= 15 is 0 Å². The summed E-state index contributed by atoms with van der Waals surface area (Å²) in [6.07, 6.45) is 0. The molecule has 0 aromatic carbocycles. The maximum Gasteiger partial charge on any atom is 0.342 e. The van der Waals surface area contributed by atoms with Gasteiger partial charge in [-0.3, -0.25) is 9.78 Å². The van der Waals surface area contributed by atoms with Crippen LogP contribution < -0.4 is 11.2 Å². The van der Waals surface area contributed by atoms with Gasteiger partial charge in [0.15, 0.2) is 0 Å². The predicted octanol–water partition coefficient (Wildman–Crippen LogP) is -0.803. The summed E-state index contributed by atoms with van der Waals surface area (Å²) in [6, 6.07) is 0. The van der Waals surface area contributed by atoms with Crippen molar-refractivity contribution in [2.45, 2.75) is 5.88 Å². The van der Waals surface area contributed by atoms with E-state index in [0.29, 0.717) is 0 Å². The van der Waals surface area contributed by atoms with Gasteiger partial charge in [-0.15, -0.1) is 11.6 Å². The van der Waals surface area contributed by atoms with Crippen molar-refractivity contribution in [3.05, 3.63) is 26.5 Å². The minimum absolute atomic E-state index is 0.00782. The van der Waals surface area contributed by atoms with Crippen molar-refractivity contribution >= 4 is 11.6 Å². The topological polar surface area (TPSA) is 78.6 Å². The van der Waals surface area contributed by atoms with E-state index in [0.717, 1.165) is 0 Å². The molecular formula is C4H4ClN3O2. The maximum absolute atomic E-state index is 10.6. The van der Waals surface area contributed by atoms with Crippen LogP contribution in [0, 0.1) is 0 Å². The van der Waals surface area contributed by atoms with Crippen LogP contribution in [0.1, 0.15) is 5.69 Å². The van der Waals surface area contributed by atoms with E-state index in [1.54, 1.807) is 0 Å². The van der Waals surface area contributed by atoms with Crippen molar-refractivity contribution in [1.29, 1.82) is 0 Å². The fraction of sp³-hybridized carbons (Fsp3) is 0.250. The number of nitrogens with zero attached hydrogens (tertiary/aromatic N) is 1. The number of aromatic nitrogens is 3. The Hall–Kier alpha value is -1.10. The lowest BCUT2D eigenvalue weighted by molar-refractivity contribution is 0.846. The third kappa shape index (κ3) is 1.24. The van der Waals surface area contributed by atoms with Gasteiger partial charge in [-0.25, -0.2) is 9.89 Å². The molecule has 6 heteroatoms. The van der Waals surface area contributed by atoms with E-state index < -0.39 is 11.2 Å². The van der Waals surface area contributed by atoms with Gasteiger partial charge >= 0.3 is 5.69 Å². The molecule has 0 bridgehead atoms. The van der Waals surface area contributed by atoms with Crippen molar-refractivity contribution < 1.29 is 0 Å². The zero-order chi connectivity index (χ0) is 7.56. The molecule has 1 rings (SSSR count). The van der Waals surface area contributed by atoms with Gasteiger partial charge in [0, 0.05) is 0 Å². The minimum Gasteiger partial charge on any atom is -0.271 e. The molecule has 0 unspecified atom stereocenters. The van der Waals surface area contributed by atoms with Crippen LogP contribution in [0.2, 0.25) is 0 Å². The molecule has 0 radical (unpaired) electrons. The zero-order valence-electron chi connectivity index (χ0n) is 4.85. The number of hydrogen-bond acceptors (Lipinski definition) is 3. The highest BCUT2D eigenvalue weighted by molar-refractivity contribution is 6.16. The van der Waals surface area contributed by atoms with Gasteiger partial charge in [0.1, 0.15) is 5.69 Å². The Morgan fingerprint density at radius 3 is 2.70 bits per heavy atom. The SMILES string of the molecule is O=c1[nH]nc(CCl)c(=O)[nH]1. The summed E-state index contributed by atoms with van der Waals surface area (Å²) in [7, 11) is 0. The van der Waals surface area contributed by atoms with Crippen LogP contribution >= 0.6 is 11.6 Å². The van der Waals surface area contributed by atoms with E-state index in [-0.39, 0.29) is 11.6 Å².